The van der Waals surface area contributed by atoms with E-state index in [0.717, 1.165) is 13.1 Å². The number of nitrogens with one attached hydrogen (secondary N) is 1. The molecule has 0 unspecified atom stereocenters. The first-order chi connectivity index (χ1) is 8.95. The molecule has 0 spiro atoms. The molecule has 2 aromatic rings. The summed E-state index contributed by atoms with van der Waals surface area (Å²) in [4.78, 5) is 1.36. The van der Waals surface area contributed by atoms with Crippen LogP contribution < -0.4 is 5.32 Å². The summed E-state index contributed by atoms with van der Waals surface area (Å²) < 4.78 is 1.17. The van der Waals surface area contributed by atoms with Gasteiger partial charge in [0.25, 0.3) is 0 Å². The second-order valence-electron chi connectivity index (χ2n) is 5.78. The highest BCUT2D eigenvalue weighted by atomic mass is 79.9. The van der Waals surface area contributed by atoms with E-state index in [1.54, 1.807) is 11.3 Å². The summed E-state index contributed by atoms with van der Waals surface area (Å²) in [5, 5.41) is 5.60. The van der Waals surface area contributed by atoms with E-state index in [1.807, 2.05) is 0 Å². The van der Waals surface area contributed by atoms with Crippen molar-refractivity contribution in [1.29, 1.82) is 0 Å². The van der Waals surface area contributed by atoms with Crippen LogP contribution in [-0.2, 0) is 18.5 Å². The molecular weight excluding hydrogens is 318 g/mol. The minimum absolute atomic E-state index is 0.231. The fourth-order valence-corrected chi connectivity index (χ4v) is 3.32. The number of hydrogen-bond donors (Lipinski definition) is 1. The number of thiophene rings is 1. The minimum atomic E-state index is 0.231. The molecule has 3 heteroatoms. The zero-order valence-electron chi connectivity index (χ0n) is 11.7. The normalized spacial score (nSPS) is 11.8. The molecule has 0 bridgehead atoms. The summed E-state index contributed by atoms with van der Waals surface area (Å²) in [6.07, 6.45) is 0. The fraction of sp³-hybridized carbons (Fsp3) is 0.375. The van der Waals surface area contributed by atoms with Crippen LogP contribution in [0.15, 0.2) is 40.2 Å². The van der Waals surface area contributed by atoms with E-state index in [0.29, 0.717) is 0 Å². The summed E-state index contributed by atoms with van der Waals surface area (Å²) in [5.41, 5.74) is 2.96. The van der Waals surface area contributed by atoms with Crippen LogP contribution in [0.5, 0.6) is 0 Å². The molecule has 0 saturated carbocycles. The molecule has 0 atom stereocenters. The summed E-state index contributed by atoms with van der Waals surface area (Å²) in [6, 6.07) is 11.1. The Morgan fingerprint density at radius 1 is 1.11 bits per heavy atom. The van der Waals surface area contributed by atoms with Crippen molar-refractivity contribution in [2.24, 2.45) is 0 Å². The van der Waals surface area contributed by atoms with Crippen molar-refractivity contribution in [3.8, 4) is 0 Å². The smallest absolute Gasteiger partial charge is 0.0303 e. The maximum atomic E-state index is 3.48. The predicted octanol–water partition coefficient (Wildman–Crippen LogP) is 5.10. The quantitative estimate of drug-likeness (QED) is 0.818. The Labute approximate surface area is 128 Å². The van der Waals surface area contributed by atoms with Crippen molar-refractivity contribution < 1.29 is 0 Å². The van der Waals surface area contributed by atoms with Crippen LogP contribution in [0.25, 0.3) is 0 Å². The van der Waals surface area contributed by atoms with Crippen LogP contribution in [0.1, 0.15) is 36.8 Å². The molecular formula is C16H20BrNS. The Morgan fingerprint density at radius 3 is 2.32 bits per heavy atom. The standard InChI is InChI=1S/C16H20BrNS/c1-16(2,3)13-6-4-12(5-7-13)9-18-10-15-8-14(17)11-19-15/h4-8,11,18H,9-10H2,1-3H3. The van der Waals surface area contributed by atoms with Gasteiger partial charge in [-0.05, 0) is 38.5 Å². The molecule has 0 fully saturated rings. The molecule has 1 aromatic heterocycles. The molecule has 0 radical (unpaired) electrons. The third-order valence-corrected chi connectivity index (χ3v) is 4.77. The van der Waals surface area contributed by atoms with Gasteiger partial charge in [-0.15, -0.1) is 11.3 Å². The largest absolute Gasteiger partial charge is 0.308 e. The summed E-state index contributed by atoms with van der Waals surface area (Å²) in [6.45, 7) is 8.58. The fourth-order valence-electron chi connectivity index (χ4n) is 1.90. The van der Waals surface area contributed by atoms with E-state index >= 15 is 0 Å². The van der Waals surface area contributed by atoms with Crippen molar-refractivity contribution >= 4 is 27.3 Å². The summed E-state index contributed by atoms with van der Waals surface area (Å²) >= 11 is 5.26. The van der Waals surface area contributed by atoms with E-state index in [2.05, 4.69) is 77.7 Å². The number of benzene rings is 1. The molecule has 0 aliphatic heterocycles. The lowest BCUT2D eigenvalue weighted by atomic mass is 9.87. The van der Waals surface area contributed by atoms with Gasteiger partial charge in [0.2, 0.25) is 0 Å². The third-order valence-electron chi connectivity index (χ3n) is 3.07. The SMILES string of the molecule is CC(C)(C)c1ccc(CNCc2cc(Br)cs2)cc1. The highest BCUT2D eigenvalue weighted by molar-refractivity contribution is 9.10. The van der Waals surface area contributed by atoms with Crippen molar-refractivity contribution in [2.75, 3.05) is 0 Å². The van der Waals surface area contributed by atoms with Crippen molar-refractivity contribution in [2.45, 2.75) is 39.3 Å². The summed E-state index contributed by atoms with van der Waals surface area (Å²) in [5.74, 6) is 0. The zero-order chi connectivity index (χ0) is 13.9. The van der Waals surface area contributed by atoms with Crippen LogP contribution in [0.3, 0.4) is 0 Å². The van der Waals surface area contributed by atoms with Gasteiger partial charge in [-0.1, -0.05) is 45.0 Å². The molecule has 2 rings (SSSR count). The van der Waals surface area contributed by atoms with Crippen LogP contribution in [0.2, 0.25) is 0 Å². The first-order valence-electron chi connectivity index (χ1n) is 6.48. The van der Waals surface area contributed by atoms with Crippen molar-refractivity contribution in [1.82, 2.24) is 5.32 Å². The molecule has 1 nitrogen and oxygen atoms in total. The lowest BCUT2D eigenvalue weighted by Gasteiger charge is -2.19. The Hall–Kier alpha value is -0.640. The highest BCUT2D eigenvalue weighted by Gasteiger charge is 2.12. The second-order valence-corrected chi connectivity index (χ2v) is 7.69. The Balaban J connectivity index is 1.86. The van der Waals surface area contributed by atoms with Gasteiger partial charge in [0.15, 0.2) is 0 Å². The Kier molecular flexibility index (Phi) is 4.82. The van der Waals surface area contributed by atoms with Crippen molar-refractivity contribution in [3.63, 3.8) is 0 Å². The second kappa shape index (κ2) is 6.21. The van der Waals surface area contributed by atoms with Gasteiger partial charge in [0, 0.05) is 27.8 Å². The van der Waals surface area contributed by atoms with Crippen LogP contribution >= 0.6 is 27.3 Å². The predicted molar refractivity (Wildman–Crippen MR) is 87.7 cm³/mol. The maximum Gasteiger partial charge on any atom is 0.0303 e. The highest BCUT2D eigenvalue weighted by Crippen LogP contribution is 2.22. The maximum absolute atomic E-state index is 3.48. The van der Waals surface area contributed by atoms with Gasteiger partial charge in [0.1, 0.15) is 0 Å². The monoisotopic (exact) mass is 337 g/mol. The number of halogens is 1. The van der Waals surface area contributed by atoms with Gasteiger partial charge >= 0.3 is 0 Å². The molecule has 19 heavy (non-hydrogen) atoms. The van der Waals surface area contributed by atoms with Crippen molar-refractivity contribution in [3.05, 3.63) is 56.2 Å². The van der Waals surface area contributed by atoms with Gasteiger partial charge in [-0.25, -0.2) is 0 Å². The minimum Gasteiger partial charge on any atom is -0.308 e. The average Bonchev–Trinajstić information content (AvgIpc) is 2.75. The van der Waals surface area contributed by atoms with E-state index in [4.69, 9.17) is 0 Å². The third kappa shape index (κ3) is 4.44. The van der Waals surface area contributed by atoms with Gasteiger partial charge in [0.05, 0.1) is 0 Å². The molecule has 0 aliphatic carbocycles. The van der Waals surface area contributed by atoms with Crippen LogP contribution in [0, 0.1) is 0 Å². The number of hydrogen-bond acceptors (Lipinski definition) is 2. The molecule has 0 amide bonds. The van der Waals surface area contributed by atoms with Gasteiger partial charge in [-0.3, -0.25) is 0 Å². The topological polar surface area (TPSA) is 12.0 Å². The molecule has 0 saturated heterocycles. The average molecular weight is 338 g/mol. The lowest BCUT2D eigenvalue weighted by molar-refractivity contribution is 0.589. The van der Waals surface area contributed by atoms with Gasteiger partial charge in [-0.2, -0.15) is 0 Å². The molecule has 0 aliphatic rings. The first kappa shape index (κ1) is 14.8. The van der Waals surface area contributed by atoms with E-state index in [9.17, 15) is 0 Å². The Bertz CT molecular complexity index is 522. The number of rotatable bonds is 4. The molecule has 1 heterocycles. The van der Waals surface area contributed by atoms with Crippen LogP contribution in [-0.4, -0.2) is 0 Å². The van der Waals surface area contributed by atoms with E-state index in [1.165, 1.54) is 20.5 Å². The van der Waals surface area contributed by atoms with Gasteiger partial charge < -0.3 is 5.32 Å². The molecule has 1 aromatic carbocycles. The first-order valence-corrected chi connectivity index (χ1v) is 8.15. The van der Waals surface area contributed by atoms with Crippen LogP contribution in [0.4, 0.5) is 0 Å². The molecule has 102 valence electrons. The zero-order valence-corrected chi connectivity index (χ0v) is 14.1. The lowest BCUT2D eigenvalue weighted by Crippen LogP contribution is -2.13. The Morgan fingerprint density at radius 2 is 1.79 bits per heavy atom. The molecule has 1 N–H and O–H groups in total. The van der Waals surface area contributed by atoms with E-state index < -0.39 is 0 Å². The summed E-state index contributed by atoms with van der Waals surface area (Å²) in [7, 11) is 0. The van der Waals surface area contributed by atoms with E-state index in [-0.39, 0.29) is 5.41 Å².